The molecule has 0 aliphatic carbocycles. The van der Waals surface area contributed by atoms with Gasteiger partial charge in [-0.25, -0.2) is 0 Å². The van der Waals surface area contributed by atoms with Crippen LogP contribution < -0.4 is 0 Å². The largest absolute Gasteiger partial charge is 0.457 e. The smallest absolute Gasteiger partial charge is 0.0507 e. The van der Waals surface area contributed by atoms with Crippen LogP contribution in [-0.2, 0) is 18.6 Å². The summed E-state index contributed by atoms with van der Waals surface area (Å²) in [5, 5.41) is 0. The molecule has 0 aromatic carbocycles. The molecule has 20 heavy (non-hydrogen) atoms. The minimum Gasteiger partial charge on any atom is -0.457 e. The number of hydrogen-bond acceptors (Lipinski definition) is 3. The summed E-state index contributed by atoms with van der Waals surface area (Å²) in [6, 6.07) is 0. The van der Waals surface area contributed by atoms with Crippen LogP contribution in [0.1, 0.15) is 40.5 Å². The van der Waals surface area contributed by atoms with Gasteiger partial charge in [0.25, 0.3) is 0 Å². The quantitative estimate of drug-likeness (QED) is 0.741. The van der Waals surface area contributed by atoms with Crippen molar-refractivity contribution in [3.63, 3.8) is 0 Å². The van der Waals surface area contributed by atoms with Crippen molar-refractivity contribution in [1.82, 2.24) is 14.7 Å². The van der Waals surface area contributed by atoms with Crippen molar-refractivity contribution >= 4 is 0 Å². The van der Waals surface area contributed by atoms with E-state index in [1.807, 2.05) is 13.8 Å². The van der Waals surface area contributed by atoms with Crippen molar-refractivity contribution in [2.45, 2.75) is 40.5 Å². The van der Waals surface area contributed by atoms with E-state index in [1.165, 1.54) is 45.7 Å². The van der Waals surface area contributed by atoms with E-state index >= 15 is 0 Å². The molecule has 119 valence electrons. The zero-order valence-corrected chi connectivity index (χ0v) is 15.4. The fraction of sp³-hybridized carbons (Fsp3) is 0.938. The van der Waals surface area contributed by atoms with Gasteiger partial charge in [-0.05, 0) is 50.9 Å². The predicted octanol–water partition coefficient (Wildman–Crippen LogP) is 2.74. The van der Waals surface area contributed by atoms with Gasteiger partial charge in [-0.3, -0.25) is 16.8 Å². The zero-order valence-electron chi connectivity index (χ0n) is 14.0. The Hall–Kier alpha value is 0.464. The van der Waals surface area contributed by atoms with E-state index in [4.69, 9.17) is 0 Å². The number of hydrogen-bond donors (Lipinski definition) is 0. The van der Waals surface area contributed by atoms with Gasteiger partial charge in [0.2, 0.25) is 0 Å². The molecule has 2 fully saturated rings. The first-order chi connectivity index (χ1) is 9.15. The molecule has 0 amide bonds. The third-order valence-corrected chi connectivity index (χ3v) is 4.44. The fourth-order valence-electron chi connectivity index (χ4n) is 2.97. The number of piperidine rings is 1. The Morgan fingerprint density at radius 3 is 1.80 bits per heavy atom. The summed E-state index contributed by atoms with van der Waals surface area (Å²) in [6.45, 7) is 17.1. The van der Waals surface area contributed by atoms with Crippen molar-refractivity contribution in [3.05, 3.63) is 7.05 Å². The van der Waals surface area contributed by atoms with Crippen molar-refractivity contribution < 1.29 is 18.6 Å². The van der Waals surface area contributed by atoms with Gasteiger partial charge in [0.15, 0.2) is 0 Å². The second kappa shape index (κ2) is 11.1. The number of rotatable bonds is 3. The predicted molar refractivity (Wildman–Crippen MR) is 83.9 cm³/mol. The molecule has 1 radical (unpaired) electrons. The molecular formula is C16H34N3V-. The zero-order chi connectivity index (χ0) is 14.3. The molecule has 0 atom stereocenters. The maximum absolute atomic E-state index is 4.00. The average molecular weight is 319 g/mol. The Kier molecular flexibility index (Phi) is 11.3. The molecule has 2 heterocycles. The van der Waals surface area contributed by atoms with Crippen LogP contribution in [0.3, 0.4) is 0 Å². The maximum atomic E-state index is 4.00. The van der Waals surface area contributed by atoms with E-state index in [-0.39, 0.29) is 18.6 Å². The van der Waals surface area contributed by atoms with E-state index in [0.29, 0.717) is 0 Å². The van der Waals surface area contributed by atoms with Gasteiger partial charge in [-0.1, -0.05) is 27.7 Å². The maximum Gasteiger partial charge on any atom is 0.0507 e. The van der Waals surface area contributed by atoms with Gasteiger partial charge in [0, 0.05) is 31.6 Å². The minimum absolute atomic E-state index is 0. The molecule has 0 bridgehead atoms. The Bertz CT molecular complexity index is 220. The van der Waals surface area contributed by atoms with Gasteiger partial charge in [-0.15, -0.1) is 0 Å². The SMILES string of the molecule is CC.[CH2-]N1CCN(CN2CCC(C(C)C)CC2)CC1.[V]. The number of likely N-dealkylation sites (tertiary alicyclic amines) is 1. The average Bonchev–Trinajstić information content (AvgIpc) is 2.44. The van der Waals surface area contributed by atoms with Crippen molar-refractivity contribution in [2.24, 2.45) is 11.8 Å². The van der Waals surface area contributed by atoms with Gasteiger partial charge in [-0.2, -0.15) is 0 Å². The number of nitrogens with zero attached hydrogens (tertiary/aromatic N) is 3. The Balaban J connectivity index is 0.00000115. The van der Waals surface area contributed by atoms with Crippen LogP contribution in [0.15, 0.2) is 0 Å². The molecule has 4 heteroatoms. The molecule has 2 saturated heterocycles. The minimum atomic E-state index is 0. The van der Waals surface area contributed by atoms with Gasteiger partial charge < -0.3 is 4.90 Å². The second-order valence-corrected chi connectivity index (χ2v) is 6.08. The Morgan fingerprint density at radius 2 is 1.35 bits per heavy atom. The third-order valence-electron chi connectivity index (χ3n) is 4.44. The molecule has 2 aliphatic heterocycles. The molecule has 2 aliphatic rings. The topological polar surface area (TPSA) is 9.72 Å². The van der Waals surface area contributed by atoms with Gasteiger partial charge >= 0.3 is 0 Å². The van der Waals surface area contributed by atoms with Crippen LogP contribution >= 0.6 is 0 Å². The van der Waals surface area contributed by atoms with Crippen molar-refractivity contribution in [1.29, 1.82) is 0 Å². The molecule has 0 unspecified atom stereocenters. The molecule has 0 N–H and O–H groups in total. The van der Waals surface area contributed by atoms with Crippen LogP contribution in [0.5, 0.6) is 0 Å². The summed E-state index contributed by atoms with van der Waals surface area (Å²) in [5.74, 6) is 1.83. The van der Waals surface area contributed by atoms with Crippen molar-refractivity contribution in [3.8, 4) is 0 Å². The van der Waals surface area contributed by atoms with Crippen LogP contribution in [0, 0.1) is 18.9 Å². The third kappa shape index (κ3) is 6.95. The number of piperazine rings is 1. The van der Waals surface area contributed by atoms with Gasteiger partial charge in [0.05, 0.1) is 6.67 Å². The summed E-state index contributed by atoms with van der Waals surface area (Å²) in [4.78, 5) is 7.40. The van der Waals surface area contributed by atoms with Crippen LogP contribution in [0.25, 0.3) is 0 Å². The molecule has 3 nitrogen and oxygen atoms in total. The standard InChI is InChI=1S/C14H28N3.C2H6.V/c1-13(2)14-4-6-16(7-5-14)12-17-10-8-15(3)9-11-17;1-2;/h13-14H,3-12H2,1-2H3;1-2H3;/q-1;;. The molecule has 0 aromatic heterocycles. The Morgan fingerprint density at radius 1 is 0.900 bits per heavy atom. The van der Waals surface area contributed by atoms with E-state index in [9.17, 15) is 0 Å². The first kappa shape index (κ1) is 20.5. The molecule has 0 aromatic rings. The Labute approximate surface area is 138 Å². The molecule has 2 rings (SSSR count). The first-order valence-electron chi connectivity index (χ1n) is 8.15. The molecule has 0 spiro atoms. The van der Waals surface area contributed by atoms with Crippen LogP contribution in [0.2, 0.25) is 0 Å². The van der Waals surface area contributed by atoms with Crippen LogP contribution in [0.4, 0.5) is 0 Å². The first-order valence-corrected chi connectivity index (χ1v) is 8.15. The van der Waals surface area contributed by atoms with E-state index in [2.05, 4.69) is 35.6 Å². The fourth-order valence-corrected chi connectivity index (χ4v) is 2.97. The monoisotopic (exact) mass is 319 g/mol. The van der Waals surface area contributed by atoms with E-state index in [1.54, 1.807) is 0 Å². The summed E-state index contributed by atoms with van der Waals surface area (Å²) in [5.41, 5.74) is 0. The molecular weight excluding hydrogens is 285 g/mol. The molecule has 0 saturated carbocycles. The summed E-state index contributed by atoms with van der Waals surface area (Å²) in [6.07, 6.45) is 2.79. The normalized spacial score (nSPS) is 23.1. The van der Waals surface area contributed by atoms with E-state index < -0.39 is 0 Å². The summed E-state index contributed by atoms with van der Waals surface area (Å²) < 4.78 is 0. The van der Waals surface area contributed by atoms with Crippen molar-refractivity contribution in [2.75, 3.05) is 45.9 Å². The summed E-state index contributed by atoms with van der Waals surface area (Å²) in [7, 11) is 4.00. The van der Waals surface area contributed by atoms with E-state index in [0.717, 1.165) is 24.9 Å². The van der Waals surface area contributed by atoms with Gasteiger partial charge in [0.1, 0.15) is 0 Å². The summed E-state index contributed by atoms with van der Waals surface area (Å²) >= 11 is 0. The van der Waals surface area contributed by atoms with Crippen LogP contribution in [-0.4, -0.2) is 60.6 Å². The second-order valence-electron chi connectivity index (χ2n) is 6.08.